The Morgan fingerprint density at radius 3 is 2.56 bits per heavy atom. The van der Waals surface area contributed by atoms with Crippen LogP contribution in [0.1, 0.15) is 24.3 Å². The molecule has 0 aliphatic rings. The van der Waals surface area contributed by atoms with Crippen LogP contribution in [0.15, 0.2) is 6.20 Å². The number of carbonyl (C=O) groups excluding carboxylic acids is 2. The van der Waals surface area contributed by atoms with Crippen molar-refractivity contribution >= 4 is 17.5 Å². The third-order valence-electron chi connectivity index (χ3n) is 2.71. The Hall–Kier alpha value is -2.05. The van der Waals surface area contributed by atoms with Crippen LogP contribution in [0.3, 0.4) is 0 Å². The Labute approximate surface area is 106 Å². The number of hydrogen-bond acceptors (Lipinski definition) is 4. The zero-order chi connectivity index (χ0) is 13.9. The first-order valence-electron chi connectivity index (χ1n) is 5.57. The maximum atomic E-state index is 11.9. The molecule has 0 spiro atoms. The molecular weight excluding hydrogens is 234 g/mol. The van der Waals surface area contributed by atoms with Gasteiger partial charge in [-0.05, 0) is 13.8 Å². The van der Waals surface area contributed by atoms with Crippen LogP contribution in [0.5, 0.6) is 0 Å². The number of carbonyl (C=O) groups is 2. The second kappa shape index (κ2) is 5.07. The molecule has 0 atom stereocenters. The molecule has 0 saturated carbocycles. The van der Waals surface area contributed by atoms with Crippen molar-refractivity contribution in [2.75, 3.05) is 19.3 Å². The molecule has 1 aromatic heterocycles. The normalized spacial score (nSPS) is 11.1. The first-order chi connectivity index (χ1) is 8.29. The van der Waals surface area contributed by atoms with Gasteiger partial charge in [-0.25, -0.2) is 0 Å². The lowest BCUT2D eigenvalue weighted by molar-refractivity contribution is -0.128. The van der Waals surface area contributed by atoms with Crippen molar-refractivity contribution in [3.8, 4) is 0 Å². The lowest BCUT2D eigenvalue weighted by Crippen LogP contribution is -2.44. The second-order valence-corrected chi connectivity index (χ2v) is 4.72. The van der Waals surface area contributed by atoms with Crippen molar-refractivity contribution in [2.45, 2.75) is 13.8 Å². The van der Waals surface area contributed by atoms with Crippen LogP contribution >= 0.6 is 0 Å². The van der Waals surface area contributed by atoms with Gasteiger partial charge in [0, 0.05) is 20.6 Å². The van der Waals surface area contributed by atoms with E-state index in [2.05, 4.69) is 15.7 Å². The Balaban J connectivity index is 2.71. The van der Waals surface area contributed by atoms with Gasteiger partial charge >= 0.3 is 0 Å². The van der Waals surface area contributed by atoms with Crippen molar-refractivity contribution < 1.29 is 9.59 Å². The largest absolute Gasteiger partial charge is 0.396 e. The van der Waals surface area contributed by atoms with Crippen molar-refractivity contribution in [1.82, 2.24) is 20.4 Å². The van der Waals surface area contributed by atoms with E-state index >= 15 is 0 Å². The number of hydrogen-bond donors (Lipinski definition) is 3. The summed E-state index contributed by atoms with van der Waals surface area (Å²) in [7, 11) is 3.19. The molecule has 0 saturated heterocycles. The summed E-state index contributed by atoms with van der Waals surface area (Å²) < 4.78 is 1.40. The summed E-state index contributed by atoms with van der Waals surface area (Å²) in [6.07, 6.45) is 1.42. The highest BCUT2D eigenvalue weighted by molar-refractivity contribution is 5.97. The van der Waals surface area contributed by atoms with E-state index in [-0.39, 0.29) is 18.4 Å². The van der Waals surface area contributed by atoms with E-state index in [9.17, 15) is 9.59 Å². The van der Waals surface area contributed by atoms with Crippen molar-refractivity contribution in [1.29, 1.82) is 0 Å². The van der Waals surface area contributed by atoms with Crippen LogP contribution in [0.2, 0.25) is 0 Å². The van der Waals surface area contributed by atoms with Gasteiger partial charge in [0.25, 0.3) is 5.91 Å². The van der Waals surface area contributed by atoms with Gasteiger partial charge in [-0.1, -0.05) is 0 Å². The monoisotopic (exact) mass is 253 g/mol. The maximum Gasteiger partial charge on any atom is 0.271 e. The quantitative estimate of drug-likeness (QED) is 0.673. The molecule has 0 fully saturated rings. The number of anilines is 1. The minimum atomic E-state index is -0.683. The Morgan fingerprint density at radius 2 is 2.11 bits per heavy atom. The molecule has 0 unspecified atom stereocenters. The van der Waals surface area contributed by atoms with Crippen LogP contribution in [-0.2, 0) is 11.8 Å². The molecule has 7 nitrogen and oxygen atoms in total. The Bertz CT molecular complexity index is 444. The van der Waals surface area contributed by atoms with Crippen LogP contribution in [0.25, 0.3) is 0 Å². The van der Waals surface area contributed by atoms with Gasteiger partial charge in [0.05, 0.1) is 17.3 Å². The number of rotatable bonds is 4. The highest BCUT2D eigenvalue weighted by Gasteiger charge is 2.28. The number of nitrogens with two attached hydrogens (primary N) is 1. The molecule has 0 aliphatic carbocycles. The Morgan fingerprint density at radius 1 is 1.50 bits per heavy atom. The standard InChI is InChI=1S/C11H19N5O2/c1-11(2,10(18)13-3)6-14-9(17)8-7(12)5-15-16(8)4/h5H,6,12H2,1-4H3,(H,13,18)(H,14,17). The maximum absolute atomic E-state index is 11.9. The van der Waals surface area contributed by atoms with Gasteiger partial charge in [-0.2, -0.15) is 5.10 Å². The van der Waals surface area contributed by atoms with E-state index in [1.54, 1.807) is 27.9 Å². The third-order valence-corrected chi connectivity index (χ3v) is 2.71. The van der Waals surface area contributed by atoms with Gasteiger partial charge in [-0.15, -0.1) is 0 Å². The molecule has 0 radical (unpaired) electrons. The Kier molecular flexibility index (Phi) is 3.95. The average molecular weight is 253 g/mol. The van der Waals surface area contributed by atoms with Gasteiger partial charge in [-0.3, -0.25) is 14.3 Å². The number of aromatic nitrogens is 2. The van der Waals surface area contributed by atoms with Crippen molar-refractivity contribution in [3.05, 3.63) is 11.9 Å². The first-order valence-corrected chi connectivity index (χ1v) is 5.57. The summed E-state index contributed by atoms with van der Waals surface area (Å²) in [5.41, 5.74) is 5.57. The molecule has 0 aromatic carbocycles. The minimum absolute atomic E-state index is 0.138. The van der Waals surface area contributed by atoms with Crippen molar-refractivity contribution in [3.63, 3.8) is 0 Å². The van der Waals surface area contributed by atoms with Gasteiger partial charge in [0.2, 0.25) is 5.91 Å². The summed E-state index contributed by atoms with van der Waals surface area (Å²) in [6, 6.07) is 0. The van der Waals surface area contributed by atoms with E-state index in [1.807, 2.05) is 0 Å². The molecule has 7 heteroatoms. The SMILES string of the molecule is CNC(=O)C(C)(C)CNC(=O)c1c(N)cnn1C. The fraction of sp³-hybridized carbons (Fsp3) is 0.545. The van der Waals surface area contributed by atoms with Gasteiger partial charge in [0.1, 0.15) is 5.69 Å². The number of amides is 2. The van der Waals surface area contributed by atoms with Crippen LogP contribution in [0, 0.1) is 5.41 Å². The average Bonchev–Trinajstić information content (AvgIpc) is 2.65. The van der Waals surface area contributed by atoms with Crippen LogP contribution < -0.4 is 16.4 Å². The van der Waals surface area contributed by atoms with E-state index in [1.165, 1.54) is 10.9 Å². The van der Waals surface area contributed by atoms with Crippen LogP contribution in [0.4, 0.5) is 5.69 Å². The summed E-state index contributed by atoms with van der Waals surface area (Å²) in [5, 5.41) is 9.12. The molecule has 2 amide bonds. The number of aryl methyl sites for hydroxylation is 1. The molecule has 0 bridgehead atoms. The minimum Gasteiger partial charge on any atom is -0.396 e. The third kappa shape index (κ3) is 2.79. The molecule has 1 aromatic rings. The predicted octanol–water partition coefficient (Wildman–Crippen LogP) is -0.496. The molecule has 4 N–H and O–H groups in total. The second-order valence-electron chi connectivity index (χ2n) is 4.72. The number of nitrogen functional groups attached to an aromatic ring is 1. The summed E-state index contributed by atoms with van der Waals surface area (Å²) in [6.45, 7) is 3.72. The summed E-state index contributed by atoms with van der Waals surface area (Å²) >= 11 is 0. The first kappa shape index (κ1) is 14.0. The molecule has 18 heavy (non-hydrogen) atoms. The summed E-state index contributed by atoms with van der Waals surface area (Å²) in [4.78, 5) is 23.5. The highest BCUT2D eigenvalue weighted by atomic mass is 16.2. The lowest BCUT2D eigenvalue weighted by atomic mass is 9.92. The summed E-state index contributed by atoms with van der Waals surface area (Å²) in [5.74, 6) is -0.481. The number of nitrogens with one attached hydrogen (secondary N) is 2. The highest BCUT2D eigenvalue weighted by Crippen LogP contribution is 2.14. The topological polar surface area (TPSA) is 102 Å². The van der Waals surface area contributed by atoms with Crippen LogP contribution in [-0.4, -0.2) is 35.2 Å². The van der Waals surface area contributed by atoms with E-state index in [0.717, 1.165) is 0 Å². The fourth-order valence-corrected chi connectivity index (χ4v) is 1.54. The van der Waals surface area contributed by atoms with E-state index in [0.29, 0.717) is 11.4 Å². The van der Waals surface area contributed by atoms with Gasteiger partial charge < -0.3 is 16.4 Å². The molecule has 1 heterocycles. The zero-order valence-electron chi connectivity index (χ0n) is 11.1. The molecule has 0 aliphatic heterocycles. The number of nitrogens with zero attached hydrogens (tertiary/aromatic N) is 2. The molecule has 1 rings (SSSR count). The molecular formula is C11H19N5O2. The van der Waals surface area contributed by atoms with E-state index < -0.39 is 5.41 Å². The molecule has 100 valence electrons. The zero-order valence-corrected chi connectivity index (χ0v) is 11.1. The van der Waals surface area contributed by atoms with Gasteiger partial charge in [0.15, 0.2) is 0 Å². The smallest absolute Gasteiger partial charge is 0.271 e. The van der Waals surface area contributed by atoms with Crippen molar-refractivity contribution in [2.24, 2.45) is 12.5 Å². The predicted molar refractivity (Wildman–Crippen MR) is 67.8 cm³/mol. The van der Waals surface area contributed by atoms with E-state index in [4.69, 9.17) is 5.73 Å². The fourth-order valence-electron chi connectivity index (χ4n) is 1.54. The lowest BCUT2D eigenvalue weighted by Gasteiger charge is -2.22.